The summed E-state index contributed by atoms with van der Waals surface area (Å²) in [5, 5.41) is 4.53. The maximum atomic E-state index is 6.18. The van der Waals surface area contributed by atoms with Gasteiger partial charge in [0, 0.05) is 31.9 Å². The Balaban J connectivity index is 1.63. The Labute approximate surface area is 148 Å². The minimum absolute atomic E-state index is 0.814. The van der Waals surface area contributed by atoms with Gasteiger partial charge in [0.15, 0.2) is 0 Å². The third kappa shape index (κ3) is 2.90. The van der Waals surface area contributed by atoms with Crippen LogP contribution in [0.2, 0.25) is 0 Å². The van der Waals surface area contributed by atoms with Crippen molar-refractivity contribution in [1.82, 2.24) is 0 Å². The first-order valence-electron chi connectivity index (χ1n) is 7.62. The molecule has 0 fully saturated rings. The van der Waals surface area contributed by atoms with E-state index in [1.165, 1.54) is 10.8 Å². The summed E-state index contributed by atoms with van der Waals surface area (Å²) >= 11 is 0. The molecule has 0 unspecified atom stereocenters. The van der Waals surface area contributed by atoms with E-state index in [-0.39, 0.29) is 0 Å². The number of anilines is 2. The molecule has 0 bridgehead atoms. The lowest BCUT2D eigenvalue weighted by molar-refractivity contribution is 1.51. The third-order valence-electron chi connectivity index (χ3n) is 3.97. The van der Waals surface area contributed by atoms with Crippen molar-refractivity contribution in [2.75, 3.05) is 11.5 Å². The number of fused-ring (bicyclic) bond motifs is 2. The maximum absolute atomic E-state index is 6.18. The van der Waals surface area contributed by atoms with Gasteiger partial charge in [-0.25, -0.2) is 0 Å². The van der Waals surface area contributed by atoms with Gasteiger partial charge in [0.2, 0.25) is 0 Å². The highest BCUT2D eigenvalue weighted by Crippen LogP contribution is 2.41. The molecule has 0 aliphatic carbocycles. The fraction of sp³-hybridized carbons (Fsp3) is 0. The van der Waals surface area contributed by atoms with E-state index in [0.29, 0.717) is 0 Å². The molecule has 24 heavy (non-hydrogen) atoms. The second-order valence-corrected chi connectivity index (χ2v) is 7.91. The first kappa shape index (κ1) is 15.2. The minimum Gasteiger partial charge on any atom is -0.398 e. The molecule has 4 rings (SSSR count). The summed E-state index contributed by atoms with van der Waals surface area (Å²) in [7, 11) is 3.40. The first-order valence-corrected chi connectivity index (χ1v) is 9.77. The van der Waals surface area contributed by atoms with E-state index < -0.39 is 0 Å². The van der Waals surface area contributed by atoms with Crippen molar-refractivity contribution in [2.45, 2.75) is 9.79 Å². The standard InChI is InChI=1S/C20H16N2S2/c21-19-11-15(9-13-5-1-3-7-17(13)19)23-24-16-10-14-6-2-4-8-18(14)20(22)12-16/h1-12H,21-22H2. The van der Waals surface area contributed by atoms with Crippen molar-refractivity contribution >= 4 is 54.5 Å². The molecule has 2 nitrogen and oxygen atoms in total. The van der Waals surface area contributed by atoms with Gasteiger partial charge < -0.3 is 11.5 Å². The molecule has 118 valence electrons. The topological polar surface area (TPSA) is 52.0 Å². The van der Waals surface area contributed by atoms with Crippen molar-refractivity contribution in [3.8, 4) is 0 Å². The van der Waals surface area contributed by atoms with Crippen LogP contribution in [0.3, 0.4) is 0 Å². The molecule has 4 aromatic carbocycles. The monoisotopic (exact) mass is 348 g/mol. The predicted molar refractivity (Wildman–Crippen MR) is 108 cm³/mol. The molecule has 0 saturated heterocycles. The van der Waals surface area contributed by atoms with Gasteiger partial charge in [-0.15, -0.1) is 0 Å². The second-order valence-electron chi connectivity index (χ2n) is 5.63. The van der Waals surface area contributed by atoms with Crippen molar-refractivity contribution in [3.63, 3.8) is 0 Å². The highest BCUT2D eigenvalue weighted by molar-refractivity contribution is 8.76. The Morgan fingerprint density at radius 3 is 1.42 bits per heavy atom. The minimum atomic E-state index is 0.814. The number of hydrogen-bond acceptors (Lipinski definition) is 4. The smallest absolute Gasteiger partial charge is 0.0405 e. The van der Waals surface area contributed by atoms with Gasteiger partial charge in [-0.3, -0.25) is 0 Å². The molecule has 4 aromatic rings. The average Bonchev–Trinajstić information content (AvgIpc) is 2.60. The number of nitrogen functional groups attached to an aromatic ring is 2. The lowest BCUT2D eigenvalue weighted by atomic mass is 10.1. The molecule has 0 amide bonds. The largest absolute Gasteiger partial charge is 0.398 e. The molecule has 0 saturated carbocycles. The molecular weight excluding hydrogens is 332 g/mol. The summed E-state index contributed by atoms with van der Waals surface area (Å²) in [5.74, 6) is 0. The summed E-state index contributed by atoms with van der Waals surface area (Å²) in [4.78, 5) is 2.28. The number of benzene rings is 4. The van der Waals surface area contributed by atoms with Crippen molar-refractivity contribution in [3.05, 3.63) is 72.8 Å². The van der Waals surface area contributed by atoms with E-state index in [0.717, 1.165) is 31.9 Å². The van der Waals surface area contributed by atoms with E-state index in [4.69, 9.17) is 11.5 Å². The van der Waals surface area contributed by atoms with E-state index in [1.807, 2.05) is 36.4 Å². The molecule has 4 N–H and O–H groups in total. The fourth-order valence-electron chi connectivity index (χ4n) is 2.82. The normalized spacial score (nSPS) is 11.2. The SMILES string of the molecule is Nc1cc(SSc2cc(N)c3ccccc3c2)cc2ccccc12. The van der Waals surface area contributed by atoms with Gasteiger partial charge in [-0.2, -0.15) is 0 Å². The number of hydrogen-bond donors (Lipinski definition) is 2. The maximum Gasteiger partial charge on any atom is 0.0405 e. The average molecular weight is 348 g/mol. The lowest BCUT2D eigenvalue weighted by Crippen LogP contribution is -1.88. The molecule has 0 aliphatic rings. The lowest BCUT2D eigenvalue weighted by Gasteiger charge is -2.08. The zero-order chi connectivity index (χ0) is 16.5. The van der Waals surface area contributed by atoms with Gasteiger partial charge >= 0.3 is 0 Å². The second kappa shape index (κ2) is 6.30. The number of nitrogens with two attached hydrogens (primary N) is 2. The van der Waals surface area contributed by atoms with Crippen LogP contribution in [0.15, 0.2) is 82.6 Å². The summed E-state index contributed by atoms with van der Waals surface area (Å²) in [6.07, 6.45) is 0. The Hall–Kier alpha value is -2.30. The van der Waals surface area contributed by atoms with Gasteiger partial charge in [0.25, 0.3) is 0 Å². The van der Waals surface area contributed by atoms with Crippen molar-refractivity contribution in [2.24, 2.45) is 0 Å². The fourth-order valence-corrected chi connectivity index (χ4v) is 4.86. The van der Waals surface area contributed by atoms with Gasteiger partial charge in [0.1, 0.15) is 0 Å². The Kier molecular flexibility index (Phi) is 4.00. The van der Waals surface area contributed by atoms with E-state index in [9.17, 15) is 0 Å². The van der Waals surface area contributed by atoms with Crippen molar-refractivity contribution in [1.29, 1.82) is 0 Å². The van der Waals surface area contributed by atoms with Gasteiger partial charge in [-0.05, 0) is 35.0 Å². The van der Waals surface area contributed by atoms with Crippen LogP contribution in [0.25, 0.3) is 21.5 Å². The van der Waals surface area contributed by atoms with Crippen LogP contribution in [0.4, 0.5) is 11.4 Å². The molecule has 4 heteroatoms. The molecule has 0 aromatic heterocycles. The number of rotatable bonds is 3. The summed E-state index contributed by atoms with van der Waals surface area (Å²) in [5.41, 5.74) is 14.0. The zero-order valence-electron chi connectivity index (χ0n) is 12.9. The molecule has 0 aliphatic heterocycles. The molecule has 0 heterocycles. The van der Waals surface area contributed by atoms with Crippen LogP contribution in [0, 0.1) is 0 Å². The molecule has 0 spiro atoms. The van der Waals surface area contributed by atoms with Crippen LogP contribution in [0.5, 0.6) is 0 Å². The van der Waals surface area contributed by atoms with E-state index in [1.54, 1.807) is 21.6 Å². The quantitative estimate of drug-likeness (QED) is 0.354. The molecule has 0 radical (unpaired) electrons. The van der Waals surface area contributed by atoms with Crippen LogP contribution in [-0.4, -0.2) is 0 Å². The zero-order valence-corrected chi connectivity index (χ0v) is 14.5. The van der Waals surface area contributed by atoms with Crippen molar-refractivity contribution < 1.29 is 0 Å². The molecular formula is C20H16N2S2. The van der Waals surface area contributed by atoms with Crippen LogP contribution < -0.4 is 11.5 Å². The summed E-state index contributed by atoms with van der Waals surface area (Å²) < 4.78 is 0. The highest BCUT2D eigenvalue weighted by Gasteiger charge is 2.05. The van der Waals surface area contributed by atoms with Gasteiger partial charge in [0.05, 0.1) is 0 Å². The van der Waals surface area contributed by atoms with Crippen LogP contribution in [-0.2, 0) is 0 Å². The third-order valence-corrected chi connectivity index (χ3v) is 6.31. The predicted octanol–water partition coefficient (Wildman–Crippen LogP) is 5.96. The van der Waals surface area contributed by atoms with Crippen LogP contribution in [0.1, 0.15) is 0 Å². The van der Waals surface area contributed by atoms with Crippen LogP contribution >= 0.6 is 21.6 Å². The van der Waals surface area contributed by atoms with E-state index in [2.05, 4.69) is 36.4 Å². The summed E-state index contributed by atoms with van der Waals surface area (Å²) in [6, 6.07) is 24.8. The Morgan fingerprint density at radius 2 is 0.958 bits per heavy atom. The summed E-state index contributed by atoms with van der Waals surface area (Å²) in [6.45, 7) is 0. The first-order chi connectivity index (χ1) is 11.7. The van der Waals surface area contributed by atoms with E-state index >= 15 is 0 Å². The highest BCUT2D eigenvalue weighted by atomic mass is 33.1. The Morgan fingerprint density at radius 1 is 0.542 bits per heavy atom. The molecule has 0 atom stereocenters. The Bertz CT molecular complexity index is 959. The van der Waals surface area contributed by atoms with Gasteiger partial charge in [-0.1, -0.05) is 70.1 Å².